The topological polar surface area (TPSA) is 163 Å². The number of rotatable bonds is 7. The van der Waals surface area contributed by atoms with Gasteiger partial charge in [0.15, 0.2) is 11.5 Å². The first-order chi connectivity index (χ1) is 20.0. The molecule has 1 amide bonds. The number of fused-ring (bicyclic) bond motifs is 2. The quantitative estimate of drug-likeness (QED) is 0.268. The zero-order valence-corrected chi connectivity index (χ0v) is 24.3. The molecule has 0 saturated heterocycles. The van der Waals surface area contributed by atoms with Crippen LogP contribution in [0.2, 0.25) is 0 Å². The number of aromatic nitrogens is 6. The molecule has 0 unspecified atom stereocenters. The van der Waals surface area contributed by atoms with E-state index < -0.39 is 27.5 Å². The Kier molecular flexibility index (Phi) is 7.55. The molecule has 0 aliphatic carbocycles. The predicted octanol–water partition coefficient (Wildman–Crippen LogP) is 1.14. The van der Waals surface area contributed by atoms with Crippen LogP contribution in [-0.4, -0.2) is 67.4 Å². The van der Waals surface area contributed by atoms with Crippen molar-refractivity contribution in [3.05, 3.63) is 87.9 Å². The fourth-order valence-electron chi connectivity index (χ4n) is 4.59. The number of carbonyl (C=O) groups is 1. The lowest BCUT2D eigenvalue weighted by Crippen LogP contribution is -2.35. The van der Waals surface area contributed by atoms with Crippen LogP contribution in [0.1, 0.15) is 40.1 Å². The van der Waals surface area contributed by atoms with Crippen LogP contribution in [-0.2, 0) is 23.6 Å². The van der Waals surface area contributed by atoms with Gasteiger partial charge in [-0.25, -0.2) is 22.2 Å². The van der Waals surface area contributed by atoms with Crippen LogP contribution < -0.4 is 16.6 Å². The first-order valence-corrected chi connectivity index (χ1v) is 14.5. The summed E-state index contributed by atoms with van der Waals surface area (Å²) >= 11 is 0. The number of carbonyl (C=O) groups excluding carboxylic acids is 1. The fourth-order valence-corrected chi connectivity index (χ4v) is 5.37. The molecule has 14 heteroatoms. The number of hydrogen-bond acceptors (Lipinski definition) is 8. The van der Waals surface area contributed by atoms with Crippen molar-refractivity contribution in [2.75, 3.05) is 25.6 Å². The van der Waals surface area contributed by atoms with Gasteiger partial charge < -0.3 is 15.6 Å². The Labute approximate surface area is 241 Å². The molecular formula is C28H29N9O4S. The average molecular weight is 588 g/mol. The van der Waals surface area contributed by atoms with Gasteiger partial charge in [0.1, 0.15) is 5.56 Å². The van der Waals surface area contributed by atoms with Crippen molar-refractivity contribution in [1.29, 1.82) is 0 Å². The second-order valence-electron chi connectivity index (χ2n) is 9.89. The van der Waals surface area contributed by atoms with Crippen LogP contribution in [0, 0.1) is 11.8 Å². The molecular weight excluding hydrogens is 558 g/mol. The highest BCUT2D eigenvalue weighted by atomic mass is 32.2. The van der Waals surface area contributed by atoms with Crippen LogP contribution in [0.15, 0.2) is 59.9 Å². The van der Waals surface area contributed by atoms with E-state index in [2.05, 4.69) is 32.3 Å². The third-order valence-corrected chi connectivity index (χ3v) is 8.60. The van der Waals surface area contributed by atoms with Crippen molar-refractivity contribution in [3.8, 4) is 11.8 Å². The van der Waals surface area contributed by atoms with Gasteiger partial charge in [0.2, 0.25) is 10.0 Å². The molecule has 5 rings (SSSR count). The maximum atomic E-state index is 14.0. The molecule has 0 aliphatic heterocycles. The van der Waals surface area contributed by atoms with E-state index in [1.165, 1.54) is 29.4 Å². The lowest BCUT2D eigenvalue weighted by molar-refractivity contribution is 0.0940. The molecule has 5 aromatic rings. The molecule has 0 spiro atoms. The Morgan fingerprint density at radius 3 is 2.71 bits per heavy atom. The van der Waals surface area contributed by atoms with Gasteiger partial charge >= 0.3 is 0 Å². The van der Waals surface area contributed by atoms with E-state index in [0.29, 0.717) is 27.6 Å². The van der Waals surface area contributed by atoms with Crippen LogP contribution in [0.5, 0.6) is 0 Å². The molecule has 4 aromatic heterocycles. The van der Waals surface area contributed by atoms with E-state index in [4.69, 9.17) is 5.73 Å². The molecule has 3 N–H and O–H groups in total. The van der Waals surface area contributed by atoms with Crippen LogP contribution in [0.3, 0.4) is 0 Å². The van der Waals surface area contributed by atoms with Crippen molar-refractivity contribution >= 4 is 38.2 Å². The van der Waals surface area contributed by atoms with Gasteiger partial charge in [-0.15, -0.1) is 5.10 Å². The van der Waals surface area contributed by atoms with Crippen LogP contribution in [0.4, 0.5) is 5.82 Å². The summed E-state index contributed by atoms with van der Waals surface area (Å²) in [4.78, 5) is 31.6. The van der Waals surface area contributed by atoms with Crippen LogP contribution in [0.25, 0.3) is 16.4 Å². The summed E-state index contributed by atoms with van der Waals surface area (Å²) in [5.74, 6) is 5.22. The first-order valence-electron chi connectivity index (χ1n) is 12.9. The summed E-state index contributed by atoms with van der Waals surface area (Å²) in [5, 5.41) is 12.1. The SMILES string of the molecule is C[C@@H](NC(=O)c1c(N)nn2cccnc12)c1cc2cccc(C#Cc3cnn(C)c3)c2c(=O)n1CCS(=O)(=O)N(C)C. The number of benzene rings is 1. The number of amides is 1. The molecule has 0 aliphatic rings. The minimum atomic E-state index is -3.64. The Balaban J connectivity index is 1.60. The van der Waals surface area contributed by atoms with Crippen molar-refractivity contribution < 1.29 is 13.2 Å². The third-order valence-electron chi connectivity index (χ3n) is 6.79. The maximum Gasteiger partial charge on any atom is 0.259 e. The van der Waals surface area contributed by atoms with Crippen molar-refractivity contribution in [2.45, 2.75) is 19.5 Å². The zero-order valence-electron chi connectivity index (χ0n) is 23.4. The third kappa shape index (κ3) is 5.47. The number of nitrogen functional groups attached to an aromatic ring is 1. The molecule has 13 nitrogen and oxygen atoms in total. The van der Waals surface area contributed by atoms with E-state index >= 15 is 0 Å². The lowest BCUT2D eigenvalue weighted by Gasteiger charge is -2.22. The molecule has 0 bridgehead atoms. The standard InChI is InChI=1S/C28H29N9O4S/c1-18(32-27(38)24-25(29)33-37-12-6-11-30-26(24)37)22-15-21-8-5-7-20(10-9-19-16-31-35(4)17-19)23(21)28(39)36(22)13-14-42(40,41)34(2)3/h5-8,11-12,15-18H,13-14H2,1-4H3,(H2,29,33)(H,32,38)/t18-/m1/s1. The number of nitrogens with one attached hydrogen (secondary N) is 1. The summed E-state index contributed by atoms with van der Waals surface area (Å²) in [5.41, 5.74) is 7.57. The Hall–Kier alpha value is -5.00. The summed E-state index contributed by atoms with van der Waals surface area (Å²) in [6, 6.07) is 8.00. The molecule has 42 heavy (non-hydrogen) atoms. The highest BCUT2D eigenvalue weighted by Gasteiger charge is 2.24. The minimum absolute atomic E-state index is 0.00297. The van der Waals surface area contributed by atoms with Gasteiger partial charge in [-0.1, -0.05) is 24.0 Å². The number of nitrogens with zero attached hydrogens (tertiary/aromatic N) is 7. The van der Waals surface area contributed by atoms with E-state index in [9.17, 15) is 18.0 Å². The summed E-state index contributed by atoms with van der Waals surface area (Å²) in [6.45, 7) is 1.56. The molecule has 0 fully saturated rings. The van der Waals surface area contributed by atoms with Gasteiger partial charge in [0.05, 0.1) is 28.9 Å². The molecule has 1 atom stereocenters. The summed E-state index contributed by atoms with van der Waals surface area (Å²) in [6.07, 6.45) is 6.53. The van der Waals surface area contributed by atoms with Gasteiger partial charge in [-0.05, 0) is 30.5 Å². The normalized spacial score (nSPS) is 12.4. The molecule has 1 aromatic carbocycles. The molecule has 216 valence electrons. The van der Waals surface area contributed by atoms with Crippen LogP contribution >= 0.6 is 0 Å². The second-order valence-corrected chi connectivity index (χ2v) is 12.2. The van der Waals surface area contributed by atoms with Gasteiger partial charge in [-0.2, -0.15) is 5.10 Å². The lowest BCUT2D eigenvalue weighted by atomic mass is 10.0. The smallest absolute Gasteiger partial charge is 0.259 e. The van der Waals surface area contributed by atoms with Gasteiger partial charge in [0, 0.05) is 57.5 Å². The summed E-state index contributed by atoms with van der Waals surface area (Å²) < 4.78 is 30.8. The predicted molar refractivity (Wildman–Crippen MR) is 158 cm³/mol. The Morgan fingerprint density at radius 1 is 1.21 bits per heavy atom. The number of pyridine rings is 1. The van der Waals surface area contributed by atoms with Crippen molar-refractivity contribution in [3.63, 3.8) is 0 Å². The molecule has 0 saturated carbocycles. The molecule has 4 heterocycles. The average Bonchev–Trinajstić information content (AvgIpc) is 3.52. The monoisotopic (exact) mass is 587 g/mol. The molecule has 0 radical (unpaired) electrons. The highest BCUT2D eigenvalue weighted by molar-refractivity contribution is 7.89. The fraction of sp³-hybridized carbons (Fsp3) is 0.250. The Morgan fingerprint density at radius 2 is 2.00 bits per heavy atom. The van der Waals surface area contributed by atoms with E-state index in [0.717, 1.165) is 4.31 Å². The Bertz CT molecular complexity index is 2060. The number of hydrogen-bond donors (Lipinski definition) is 2. The minimum Gasteiger partial charge on any atom is -0.381 e. The van der Waals surface area contributed by atoms with E-state index in [-0.39, 0.29) is 29.3 Å². The largest absolute Gasteiger partial charge is 0.381 e. The number of nitrogens with two attached hydrogens (primary N) is 1. The van der Waals surface area contributed by atoms with E-state index in [1.54, 1.807) is 67.6 Å². The maximum absolute atomic E-state index is 14.0. The van der Waals surface area contributed by atoms with Gasteiger partial charge in [0.25, 0.3) is 11.5 Å². The summed E-state index contributed by atoms with van der Waals surface area (Å²) in [7, 11) is 1.01. The van der Waals surface area contributed by atoms with E-state index in [1.807, 2.05) is 0 Å². The highest BCUT2D eigenvalue weighted by Crippen LogP contribution is 2.23. The van der Waals surface area contributed by atoms with Crippen molar-refractivity contribution in [2.24, 2.45) is 7.05 Å². The number of anilines is 1. The van der Waals surface area contributed by atoms with Gasteiger partial charge in [-0.3, -0.25) is 14.3 Å². The number of aryl methyl sites for hydroxylation is 1. The number of sulfonamides is 1. The zero-order chi connectivity index (χ0) is 30.2. The second kappa shape index (κ2) is 11.1. The first kappa shape index (κ1) is 28.5. The van der Waals surface area contributed by atoms with Crippen molar-refractivity contribution in [1.82, 2.24) is 38.6 Å².